The Bertz CT molecular complexity index is 603. The van der Waals surface area contributed by atoms with Gasteiger partial charge in [-0.1, -0.05) is 13.3 Å². The molecule has 0 unspecified atom stereocenters. The Hall–Kier alpha value is -1.65. The van der Waals surface area contributed by atoms with Crippen LogP contribution in [0, 0.1) is 12.3 Å². The minimum atomic E-state index is 0.241. The number of hydrogen-bond acceptors (Lipinski definition) is 4. The number of amides is 1. The van der Waals surface area contributed by atoms with E-state index in [2.05, 4.69) is 23.7 Å². The zero-order chi connectivity index (χ0) is 17.2. The zero-order valence-electron chi connectivity index (χ0n) is 15.3. The van der Waals surface area contributed by atoms with E-state index in [-0.39, 0.29) is 5.41 Å². The van der Waals surface area contributed by atoms with Gasteiger partial charge in [0, 0.05) is 49.8 Å². The molecule has 3 heterocycles. The fraction of sp³-hybridized carbons (Fsp3) is 0.737. The van der Waals surface area contributed by atoms with Gasteiger partial charge in [0.25, 0.3) is 0 Å². The molecule has 0 radical (unpaired) electrons. The summed E-state index contributed by atoms with van der Waals surface area (Å²) in [6.45, 7) is 10.1. The molecule has 0 aliphatic carbocycles. The lowest BCUT2D eigenvalue weighted by Crippen LogP contribution is -2.54. The first-order chi connectivity index (χ1) is 11.6. The van der Waals surface area contributed by atoms with Gasteiger partial charge in [-0.15, -0.1) is 0 Å². The zero-order valence-corrected chi connectivity index (χ0v) is 15.3. The molecular weight excluding hydrogens is 300 g/mol. The molecule has 2 aliphatic heterocycles. The second kappa shape index (κ2) is 7.08. The van der Waals surface area contributed by atoms with E-state index in [9.17, 15) is 4.79 Å². The summed E-state index contributed by atoms with van der Waals surface area (Å²) in [6, 6.07) is 0. The summed E-state index contributed by atoms with van der Waals surface area (Å²) in [5.74, 6) is 2.30. The van der Waals surface area contributed by atoms with Crippen LogP contribution >= 0.6 is 0 Å². The molecular formula is C19H30N4O. The molecule has 1 atom stereocenters. The van der Waals surface area contributed by atoms with Crippen molar-refractivity contribution in [2.24, 2.45) is 5.41 Å². The van der Waals surface area contributed by atoms with E-state index in [1.807, 2.05) is 18.0 Å². The first-order valence-electron chi connectivity index (χ1n) is 9.42. The van der Waals surface area contributed by atoms with Crippen molar-refractivity contribution in [2.45, 2.75) is 59.3 Å². The van der Waals surface area contributed by atoms with Crippen molar-refractivity contribution in [3.8, 4) is 0 Å². The number of anilines is 1. The number of likely N-dealkylation sites (tertiary alicyclic amines) is 1. The number of nitrogens with zero attached hydrogens (tertiary/aromatic N) is 4. The molecule has 24 heavy (non-hydrogen) atoms. The molecule has 2 fully saturated rings. The molecule has 3 rings (SSSR count). The maximum absolute atomic E-state index is 12.1. The number of piperidine rings is 2. The fourth-order valence-electron chi connectivity index (χ4n) is 4.31. The lowest BCUT2D eigenvalue weighted by atomic mass is 9.73. The summed E-state index contributed by atoms with van der Waals surface area (Å²) in [6.07, 6.45) is 8.26. The minimum absolute atomic E-state index is 0.241. The average molecular weight is 330 g/mol. The number of rotatable bonds is 4. The molecule has 1 amide bonds. The first-order valence-corrected chi connectivity index (χ1v) is 9.42. The third-order valence-corrected chi connectivity index (χ3v) is 5.57. The average Bonchev–Trinajstić information content (AvgIpc) is 2.59. The summed E-state index contributed by atoms with van der Waals surface area (Å²) < 4.78 is 0. The highest BCUT2D eigenvalue weighted by atomic mass is 16.2. The van der Waals surface area contributed by atoms with E-state index >= 15 is 0 Å². The number of aromatic nitrogens is 2. The van der Waals surface area contributed by atoms with Gasteiger partial charge in [0.2, 0.25) is 5.91 Å². The summed E-state index contributed by atoms with van der Waals surface area (Å²) >= 11 is 0. The van der Waals surface area contributed by atoms with Crippen molar-refractivity contribution >= 4 is 11.7 Å². The Morgan fingerprint density at radius 1 is 1.25 bits per heavy atom. The predicted octanol–water partition coefficient (Wildman–Crippen LogP) is 2.97. The van der Waals surface area contributed by atoms with Gasteiger partial charge in [0.05, 0.1) is 0 Å². The van der Waals surface area contributed by atoms with Crippen LogP contribution in [0.1, 0.15) is 57.3 Å². The monoisotopic (exact) mass is 330 g/mol. The second-order valence-electron chi connectivity index (χ2n) is 7.45. The van der Waals surface area contributed by atoms with E-state index in [4.69, 9.17) is 4.98 Å². The SMILES string of the molecule is CCCc1cnc(C)nc1N1CCC[C@]2(CCC(=O)N(CC)C2)C1. The normalized spacial score (nSPS) is 24.7. The minimum Gasteiger partial charge on any atom is -0.356 e. The molecule has 5 heteroatoms. The van der Waals surface area contributed by atoms with Crippen molar-refractivity contribution in [2.75, 3.05) is 31.1 Å². The molecule has 0 aromatic carbocycles. The first kappa shape index (κ1) is 17.2. The number of carbonyl (C=O) groups is 1. The largest absolute Gasteiger partial charge is 0.356 e. The van der Waals surface area contributed by atoms with Gasteiger partial charge >= 0.3 is 0 Å². The van der Waals surface area contributed by atoms with E-state index in [1.165, 1.54) is 18.4 Å². The fourth-order valence-corrected chi connectivity index (χ4v) is 4.31. The standard InChI is InChI=1S/C19H30N4O/c1-4-7-16-12-20-15(3)21-18(16)23-11-6-9-19(14-23)10-8-17(24)22(5-2)13-19/h12H,4-11,13-14H2,1-3H3/t19-/m1/s1. The highest BCUT2D eigenvalue weighted by Gasteiger charge is 2.41. The van der Waals surface area contributed by atoms with Crippen molar-refractivity contribution in [3.63, 3.8) is 0 Å². The van der Waals surface area contributed by atoms with Gasteiger partial charge in [0.1, 0.15) is 11.6 Å². The lowest BCUT2D eigenvalue weighted by Gasteiger charge is -2.48. The van der Waals surface area contributed by atoms with Crippen LogP contribution in [0.25, 0.3) is 0 Å². The molecule has 0 N–H and O–H groups in total. The maximum atomic E-state index is 12.1. The summed E-state index contributed by atoms with van der Waals surface area (Å²) in [5.41, 5.74) is 1.50. The summed E-state index contributed by atoms with van der Waals surface area (Å²) in [7, 11) is 0. The Kier molecular flexibility index (Phi) is 5.07. The molecule has 1 aromatic heterocycles. The van der Waals surface area contributed by atoms with E-state index < -0.39 is 0 Å². The topological polar surface area (TPSA) is 49.3 Å². The van der Waals surface area contributed by atoms with Gasteiger partial charge in [0.15, 0.2) is 0 Å². The Morgan fingerprint density at radius 2 is 2.08 bits per heavy atom. The van der Waals surface area contributed by atoms with Crippen LogP contribution in [-0.4, -0.2) is 47.0 Å². The molecule has 0 saturated carbocycles. The summed E-state index contributed by atoms with van der Waals surface area (Å²) in [5, 5.41) is 0. The second-order valence-corrected chi connectivity index (χ2v) is 7.45. The van der Waals surface area contributed by atoms with Gasteiger partial charge in [-0.25, -0.2) is 9.97 Å². The van der Waals surface area contributed by atoms with Crippen molar-refractivity contribution in [1.82, 2.24) is 14.9 Å². The number of aryl methyl sites for hydroxylation is 2. The van der Waals surface area contributed by atoms with Crippen LogP contribution in [0.4, 0.5) is 5.82 Å². The predicted molar refractivity (Wildman–Crippen MR) is 96.1 cm³/mol. The molecule has 5 nitrogen and oxygen atoms in total. The molecule has 132 valence electrons. The third kappa shape index (κ3) is 3.40. The molecule has 1 spiro atoms. The van der Waals surface area contributed by atoms with Crippen molar-refractivity contribution < 1.29 is 4.79 Å². The molecule has 1 aromatic rings. The smallest absolute Gasteiger partial charge is 0.222 e. The summed E-state index contributed by atoms with van der Waals surface area (Å²) in [4.78, 5) is 25.8. The highest BCUT2D eigenvalue weighted by molar-refractivity contribution is 5.77. The Balaban J connectivity index is 1.83. The quantitative estimate of drug-likeness (QED) is 0.851. The van der Waals surface area contributed by atoms with Crippen molar-refractivity contribution in [3.05, 3.63) is 17.6 Å². The maximum Gasteiger partial charge on any atom is 0.222 e. The molecule has 0 bridgehead atoms. The Labute approximate surface area is 145 Å². The number of carbonyl (C=O) groups excluding carboxylic acids is 1. The van der Waals surface area contributed by atoms with Crippen LogP contribution < -0.4 is 4.90 Å². The van der Waals surface area contributed by atoms with E-state index in [0.717, 1.165) is 57.1 Å². The molecule has 2 aliphatic rings. The van der Waals surface area contributed by atoms with Gasteiger partial charge in [-0.2, -0.15) is 0 Å². The van der Waals surface area contributed by atoms with Gasteiger partial charge in [-0.05, 0) is 39.5 Å². The van der Waals surface area contributed by atoms with Crippen LogP contribution in [0.15, 0.2) is 6.20 Å². The van der Waals surface area contributed by atoms with Crippen LogP contribution in [-0.2, 0) is 11.2 Å². The number of hydrogen-bond donors (Lipinski definition) is 0. The van der Waals surface area contributed by atoms with Gasteiger partial charge in [-0.3, -0.25) is 4.79 Å². The van der Waals surface area contributed by atoms with Crippen LogP contribution in [0.2, 0.25) is 0 Å². The van der Waals surface area contributed by atoms with Gasteiger partial charge < -0.3 is 9.80 Å². The third-order valence-electron chi connectivity index (χ3n) is 5.57. The lowest BCUT2D eigenvalue weighted by molar-refractivity contribution is -0.137. The Morgan fingerprint density at radius 3 is 2.83 bits per heavy atom. The van der Waals surface area contributed by atoms with E-state index in [1.54, 1.807) is 0 Å². The van der Waals surface area contributed by atoms with E-state index in [0.29, 0.717) is 12.3 Å². The highest BCUT2D eigenvalue weighted by Crippen LogP contribution is 2.40. The molecule has 2 saturated heterocycles. The van der Waals surface area contributed by atoms with Crippen molar-refractivity contribution in [1.29, 1.82) is 0 Å². The van der Waals surface area contributed by atoms with Crippen LogP contribution in [0.3, 0.4) is 0 Å². The van der Waals surface area contributed by atoms with Crippen LogP contribution in [0.5, 0.6) is 0 Å².